The number of nitrogens with one attached hydrogen (secondary N) is 2. The van der Waals surface area contributed by atoms with Gasteiger partial charge < -0.3 is 14.7 Å². The molecule has 2 aromatic rings. The number of urea groups is 1. The quantitative estimate of drug-likeness (QED) is 0.625. The van der Waals surface area contributed by atoms with Crippen molar-refractivity contribution in [2.24, 2.45) is 0 Å². The second kappa shape index (κ2) is 4.88. The molecular formula is C16H13FN4O4. The van der Waals surface area contributed by atoms with Crippen molar-refractivity contribution in [1.29, 1.82) is 0 Å². The predicted molar refractivity (Wildman–Crippen MR) is 81.9 cm³/mol. The Hall–Kier alpha value is -3.23. The van der Waals surface area contributed by atoms with Gasteiger partial charge in [-0.3, -0.25) is 14.9 Å². The zero-order valence-electron chi connectivity index (χ0n) is 13.3. The number of benzene rings is 1. The molecule has 1 aromatic heterocycles. The van der Waals surface area contributed by atoms with Gasteiger partial charge in [-0.1, -0.05) is 5.16 Å². The summed E-state index contributed by atoms with van der Waals surface area (Å²) < 4.78 is 18.9. The third-order valence-corrected chi connectivity index (χ3v) is 4.59. The van der Waals surface area contributed by atoms with Gasteiger partial charge in [0.05, 0.1) is 17.9 Å². The standard InChI is InChI=1S/C16H13FN4O4/c1-7-10(8(2)25-20-7)6-21-12-4-3-9(17)5-11(12)16(14(21)23)13(22)18-15(24)19-16/h3-5H,6H2,1-2H3,(H2,18,19,22,24). The molecule has 8 nitrogen and oxygen atoms in total. The largest absolute Gasteiger partial charge is 0.361 e. The summed E-state index contributed by atoms with van der Waals surface area (Å²) in [6.45, 7) is 3.53. The molecule has 0 saturated carbocycles. The minimum Gasteiger partial charge on any atom is -0.361 e. The van der Waals surface area contributed by atoms with Crippen LogP contribution < -0.4 is 15.5 Å². The molecule has 1 spiro atoms. The lowest BCUT2D eigenvalue weighted by atomic mass is 9.91. The van der Waals surface area contributed by atoms with Crippen LogP contribution in [0.1, 0.15) is 22.6 Å². The van der Waals surface area contributed by atoms with Gasteiger partial charge in [-0.25, -0.2) is 9.18 Å². The lowest BCUT2D eigenvalue weighted by Gasteiger charge is -2.21. The molecule has 3 heterocycles. The Balaban J connectivity index is 1.87. The number of nitrogens with zero attached hydrogens (tertiary/aromatic N) is 2. The molecule has 1 fully saturated rings. The van der Waals surface area contributed by atoms with E-state index in [0.717, 1.165) is 6.07 Å². The first kappa shape index (κ1) is 15.3. The molecule has 0 radical (unpaired) electrons. The van der Waals surface area contributed by atoms with E-state index in [0.29, 0.717) is 22.7 Å². The van der Waals surface area contributed by atoms with Crippen molar-refractivity contribution in [2.75, 3.05) is 4.90 Å². The molecule has 2 aliphatic rings. The number of fused-ring (bicyclic) bond motifs is 2. The lowest BCUT2D eigenvalue weighted by molar-refractivity contribution is -0.134. The number of carbonyl (C=O) groups excluding carboxylic acids is 3. The van der Waals surface area contributed by atoms with Crippen molar-refractivity contribution in [3.63, 3.8) is 0 Å². The molecule has 0 bridgehead atoms. The fourth-order valence-electron chi connectivity index (χ4n) is 3.31. The second-order valence-electron chi connectivity index (χ2n) is 6.01. The van der Waals surface area contributed by atoms with Crippen LogP contribution in [0.4, 0.5) is 14.9 Å². The Labute approximate surface area is 141 Å². The van der Waals surface area contributed by atoms with Crippen molar-refractivity contribution in [1.82, 2.24) is 15.8 Å². The number of amides is 4. The number of aryl methyl sites for hydroxylation is 2. The molecule has 2 aliphatic heterocycles. The number of halogens is 1. The number of rotatable bonds is 2. The van der Waals surface area contributed by atoms with Crippen LogP contribution in [-0.2, 0) is 21.7 Å². The summed E-state index contributed by atoms with van der Waals surface area (Å²) in [6.07, 6.45) is 0. The normalized spacial score (nSPS) is 21.7. The molecule has 25 heavy (non-hydrogen) atoms. The van der Waals surface area contributed by atoms with Crippen molar-refractivity contribution >= 4 is 23.5 Å². The Morgan fingerprint density at radius 3 is 2.64 bits per heavy atom. The van der Waals surface area contributed by atoms with Crippen LogP contribution in [0.3, 0.4) is 0 Å². The number of hydrogen-bond acceptors (Lipinski definition) is 5. The first-order valence-electron chi connectivity index (χ1n) is 7.52. The molecule has 0 aliphatic carbocycles. The fraction of sp³-hybridized carbons (Fsp3) is 0.250. The maximum atomic E-state index is 13.8. The van der Waals surface area contributed by atoms with Crippen LogP contribution in [0.25, 0.3) is 0 Å². The molecule has 1 saturated heterocycles. The Kier molecular flexibility index (Phi) is 2.99. The summed E-state index contributed by atoms with van der Waals surface area (Å²) in [6, 6.07) is 2.90. The summed E-state index contributed by atoms with van der Waals surface area (Å²) in [5.41, 5.74) is -0.204. The van der Waals surface area contributed by atoms with Gasteiger partial charge in [-0.2, -0.15) is 0 Å². The van der Waals surface area contributed by atoms with E-state index in [-0.39, 0.29) is 12.1 Å². The number of imide groups is 1. The van der Waals surface area contributed by atoms with Crippen molar-refractivity contribution in [2.45, 2.75) is 25.9 Å². The highest BCUT2D eigenvalue weighted by molar-refractivity contribution is 6.27. The zero-order valence-corrected chi connectivity index (χ0v) is 13.3. The van der Waals surface area contributed by atoms with Crippen LogP contribution in [0.15, 0.2) is 22.7 Å². The van der Waals surface area contributed by atoms with Gasteiger partial charge >= 0.3 is 6.03 Å². The minimum absolute atomic E-state index is 0.0868. The third kappa shape index (κ3) is 1.92. The zero-order chi connectivity index (χ0) is 17.9. The highest BCUT2D eigenvalue weighted by Gasteiger charge is 2.61. The van der Waals surface area contributed by atoms with E-state index in [2.05, 4.69) is 15.8 Å². The van der Waals surface area contributed by atoms with Gasteiger partial charge in [0, 0.05) is 11.1 Å². The molecule has 1 unspecified atom stereocenters. The van der Waals surface area contributed by atoms with Gasteiger partial charge in [-0.05, 0) is 32.0 Å². The van der Waals surface area contributed by atoms with Crippen LogP contribution in [0, 0.1) is 19.7 Å². The van der Waals surface area contributed by atoms with E-state index in [1.807, 2.05) is 0 Å². The van der Waals surface area contributed by atoms with E-state index in [4.69, 9.17) is 4.52 Å². The van der Waals surface area contributed by atoms with E-state index in [9.17, 15) is 18.8 Å². The monoisotopic (exact) mass is 344 g/mol. The summed E-state index contributed by atoms with van der Waals surface area (Å²) >= 11 is 0. The smallest absolute Gasteiger partial charge is 0.323 e. The highest BCUT2D eigenvalue weighted by Crippen LogP contribution is 2.43. The van der Waals surface area contributed by atoms with Gasteiger partial charge in [0.2, 0.25) is 5.54 Å². The van der Waals surface area contributed by atoms with Gasteiger partial charge in [0.1, 0.15) is 11.6 Å². The summed E-state index contributed by atoms with van der Waals surface area (Å²) in [5, 5.41) is 8.25. The van der Waals surface area contributed by atoms with E-state index in [1.165, 1.54) is 17.0 Å². The molecule has 9 heteroatoms. The van der Waals surface area contributed by atoms with E-state index >= 15 is 0 Å². The third-order valence-electron chi connectivity index (χ3n) is 4.59. The maximum Gasteiger partial charge on any atom is 0.323 e. The summed E-state index contributed by atoms with van der Waals surface area (Å²) in [4.78, 5) is 38.4. The average molecular weight is 344 g/mol. The Morgan fingerprint density at radius 1 is 1.28 bits per heavy atom. The van der Waals surface area contributed by atoms with Gasteiger partial charge in [-0.15, -0.1) is 0 Å². The number of hydrogen-bond donors (Lipinski definition) is 2. The van der Waals surface area contributed by atoms with Crippen molar-refractivity contribution < 1.29 is 23.3 Å². The van der Waals surface area contributed by atoms with Crippen LogP contribution >= 0.6 is 0 Å². The molecule has 1 atom stereocenters. The van der Waals surface area contributed by atoms with E-state index in [1.54, 1.807) is 13.8 Å². The first-order valence-corrected chi connectivity index (χ1v) is 7.52. The first-order chi connectivity index (χ1) is 11.8. The number of carbonyl (C=O) groups is 3. The van der Waals surface area contributed by atoms with Crippen LogP contribution in [-0.4, -0.2) is 23.0 Å². The fourth-order valence-corrected chi connectivity index (χ4v) is 3.31. The van der Waals surface area contributed by atoms with E-state index < -0.39 is 29.2 Å². The lowest BCUT2D eigenvalue weighted by Crippen LogP contribution is -2.52. The predicted octanol–water partition coefficient (Wildman–Crippen LogP) is 1.01. The Bertz CT molecular complexity index is 934. The molecule has 128 valence electrons. The minimum atomic E-state index is -1.95. The number of anilines is 1. The second-order valence-corrected chi connectivity index (χ2v) is 6.01. The van der Waals surface area contributed by atoms with Gasteiger partial charge in [0.15, 0.2) is 0 Å². The molecule has 1 aromatic carbocycles. The Morgan fingerprint density at radius 2 is 2.04 bits per heavy atom. The molecule has 2 N–H and O–H groups in total. The topological polar surface area (TPSA) is 105 Å². The maximum absolute atomic E-state index is 13.8. The molecule has 4 amide bonds. The van der Waals surface area contributed by atoms with Gasteiger partial charge in [0.25, 0.3) is 11.8 Å². The highest BCUT2D eigenvalue weighted by atomic mass is 19.1. The van der Waals surface area contributed by atoms with Crippen molar-refractivity contribution in [3.05, 3.63) is 46.6 Å². The SMILES string of the molecule is Cc1noc(C)c1CN1C(=O)C2(NC(=O)NC2=O)c2cc(F)ccc21. The molecule has 4 rings (SSSR count). The summed E-state index contributed by atoms with van der Waals surface area (Å²) in [7, 11) is 0. The van der Waals surface area contributed by atoms with Crippen LogP contribution in [0.2, 0.25) is 0 Å². The summed E-state index contributed by atoms with van der Waals surface area (Å²) in [5.74, 6) is -1.55. The van der Waals surface area contributed by atoms with Crippen LogP contribution in [0.5, 0.6) is 0 Å². The average Bonchev–Trinajstić information content (AvgIpc) is 3.11. The number of aromatic nitrogens is 1. The molecular weight excluding hydrogens is 331 g/mol. The van der Waals surface area contributed by atoms with Crippen molar-refractivity contribution in [3.8, 4) is 0 Å².